The molecule has 0 radical (unpaired) electrons. The third-order valence-electron chi connectivity index (χ3n) is 2.77. The Morgan fingerprint density at radius 3 is 2.78 bits per heavy atom. The Balaban J connectivity index is 2.26. The predicted octanol–water partition coefficient (Wildman–Crippen LogP) is 1.66. The second-order valence-corrected chi connectivity index (χ2v) is 3.98. The Labute approximate surface area is 104 Å². The molecule has 0 unspecified atom stereocenters. The molecule has 0 fully saturated rings. The zero-order valence-electron chi connectivity index (χ0n) is 10.3. The van der Waals surface area contributed by atoms with E-state index in [4.69, 9.17) is 0 Å². The van der Waals surface area contributed by atoms with Gasteiger partial charge < -0.3 is 9.72 Å². The van der Waals surface area contributed by atoms with E-state index < -0.39 is 0 Å². The van der Waals surface area contributed by atoms with Gasteiger partial charge in [0.1, 0.15) is 11.6 Å². The van der Waals surface area contributed by atoms with Crippen molar-refractivity contribution in [1.29, 1.82) is 0 Å². The van der Waals surface area contributed by atoms with E-state index >= 15 is 0 Å². The van der Waals surface area contributed by atoms with E-state index in [0.717, 1.165) is 29.7 Å². The zero-order chi connectivity index (χ0) is 12.5. The summed E-state index contributed by atoms with van der Waals surface area (Å²) in [6.07, 6.45) is 9.26. The molecule has 0 aliphatic rings. The van der Waals surface area contributed by atoms with Gasteiger partial charge in [0.25, 0.3) is 0 Å². The molecule has 92 valence electrons. The molecule has 0 bridgehead atoms. The number of nitrogens with one attached hydrogen (secondary N) is 1. The standard InChI is InChI=1S/C12H14N6/c1-3-13-10-8-17-6-4-15-11(17)12(16-10)18-7-5-14-9(18)2/h4-8,13H,3H2,1-2H3. The summed E-state index contributed by atoms with van der Waals surface area (Å²) in [5.74, 6) is 2.50. The quantitative estimate of drug-likeness (QED) is 0.758. The lowest BCUT2D eigenvalue weighted by Crippen LogP contribution is -2.07. The van der Waals surface area contributed by atoms with E-state index in [1.165, 1.54) is 0 Å². The highest BCUT2D eigenvalue weighted by molar-refractivity contribution is 5.58. The van der Waals surface area contributed by atoms with Gasteiger partial charge in [-0.1, -0.05) is 0 Å². The van der Waals surface area contributed by atoms with E-state index in [0.29, 0.717) is 0 Å². The molecule has 0 aliphatic heterocycles. The lowest BCUT2D eigenvalue weighted by Gasteiger charge is -2.09. The third-order valence-corrected chi connectivity index (χ3v) is 2.77. The summed E-state index contributed by atoms with van der Waals surface area (Å²) in [5, 5.41) is 3.22. The summed E-state index contributed by atoms with van der Waals surface area (Å²) in [5.41, 5.74) is 0.817. The zero-order valence-corrected chi connectivity index (χ0v) is 10.3. The minimum absolute atomic E-state index is 0.786. The van der Waals surface area contributed by atoms with Crippen LogP contribution >= 0.6 is 0 Å². The first-order valence-electron chi connectivity index (χ1n) is 5.87. The number of aryl methyl sites for hydroxylation is 1. The van der Waals surface area contributed by atoms with Crippen molar-refractivity contribution in [2.75, 3.05) is 11.9 Å². The highest BCUT2D eigenvalue weighted by Crippen LogP contribution is 2.16. The molecule has 0 aliphatic carbocycles. The number of aromatic nitrogens is 5. The van der Waals surface area contributed by atoms with Crippen molar-refractivity contribution in [3.63, 3.8) is 0 Å². The van der Waals surface area contributed by atoms with Crippen LogP contribution < -0.4 is 5.32 Å². The minimum atomic E-state index is 0.786. The lowest BCUT2D eigenvalue weighted by atomic mass is 10.5. The van der Waals surface area contributed by atoms with Gasteiger partial charge in [0, 0.05) is 31.3 Å². The maximum atomic E-state index is 4.59. The summed E-state index contributed by atoms with van der Waals surface area (Å²) in [4.78, 5) is 13.2. The molecule has 1 N–H and O–H groups in total. The Morgan fingerprint density at radius 2 is 2.06 bits per heavy atom. The van der Waals surface area contributed by atoms with Crippen LogP contribution in [-0.2, 0) is 0 Å². The summed E-state index contributed by atoms with van der Waals surface area (Å²) in [7, 11) is 0. The Morgan fingerprint density at radius 1 is 1.22 bits per heavy atom. The van der Waals surface area contributed by atoms with E-state index in [-0.39, 0.29) is 0 Å². The SMILES string of the molecule is CCNc1cn2ccnc2c(-n2ccnc2C)n1. The Hall–Kier alpha value is -2.37. The van der Waals surface area contributed by atoms with Gasteiger partial charge in [0.05, 0.1) is 6.20 Å². The number of hydrogen-bond acceptors (Lipinski definition) is 4. The van der Waals surface area contributed by atoms with Crippen LogP contribution in [-0.4, -0.2) is 30.5 Å². The highest BCUT2D eigenvalue weighted by atomic mass is 15.2. The van der Waals surface area contributed by atoms with Crippen LogP contribution in [0.1, 0.15) is 12.7 Å². The fourth-order valence-electron chi connectivity index (χ4n) is 1.94. The van der Waals surface area contributed by atoms with Crippen molar-refractivity contribution >= 4 is 11.5 Å². The molecule has 18 heavy (non-hydrogen) atoms. The molecule has 3 aromatic rings. The van der Waals surface area contributed by atoms with Crippen LogP contribution in [0.3, 0.4) is 0 Å². The average molecular weight is 242 g/mol. The summed E-state index contributed by atoms with van der Waals surface area (Å²) in [6, 6.07) is 0. The van der Waals surface area contributed by atoms with Gasteiger partial charge in [-0.05, 0) is 13.8 Å². The average Bonchev–Trinajstić information content (AvgIpc) is 2.97. The molecule has 0 aromatic carbocycles. The molecule has 0 amide bonds. The summed E-state index contributed by atoms with van der Waals surface area (Å²) < 4.78 is 3.89. The molecular formula is C12H14N6. The van der Waals surface area contributed by atoms with Crippen molar-refractivity contribution in [1.82, 2.24) is 23.9 Å². The topological polar surface area (TPSA) is 60.0 Å². The van der Waals surface area contributed by atoms with Crippen molar-refractivity contribution in [3.8, 4) is 5.82 Å². The van der Waals surface area contributed by atoms with E-state index in [1.807, 2.05) is 41.4 Å². The number of anilines is 1. The first kappa shape index (κ1) is 10.8. The third kappa shape index (κ3) is 1.62. The lowest BCUT2D eigenvalue weighted by molar-refractivity contribution is 0.918. The number of rotatable bonds is 3. The normalized spacial score (nSPS) is 11.0. The van der Waals surface area contributed by atoms with Crippen molar-refractivity contribution in [2.24, 2.45) is 0 Å². The van der Waals surface area contributed by atoms with E-state index in [1.54, 1.807) is 12.4 Å². The molecule has 3 aromatic heterocycles. The van der Waals surface area contributed by atoms with Crippen LogP contribution in [0, 0.1) is 6.92 Å². The predicted molar refractivity (Wildman–Crippen MR) is 69.0 cm³/mol. The smallest absolute Gasteiger partial charge is 0.184 e. The number of fused-ring (bicyclic) bond motifs is 1. The molecule has 3 heterocycles. The van der Waals surface area contributed by atoms with Gasteiger partial charge in [0.2, 0.25) is 0 Å². The van der Waals surface area contributed by atoms with E-state index in [9.17, 15) is 0 Å². The fraction of sp³-hybridized carbons (Fsp3) is 0.250. The Kier molecular flexibility index (Phi) is 2.47. The van der Waals surface area contributed by atoms with Gasteiger partial charge in [-0.15, -0.1) is 0 Å². The fourth-order valence-corrected chi connectivity index (χ4v) is 1.94. The van der Waals surface area contributed by atoms with Crippen LogP contribution in [0.15, 0.2) is 31.0 Å². The van der Waals surface area contributed by atoms with Crippen molar-refractivity contribution in [3.05, 3.63) is 36.8 Å². The molecule has 0 saturated heterocycles. The molecule has 6 heteroatoms. The van der Waals surface area contributed by atoms with E-state index in [2.05, 4.69) is 20.3 Å². The minimum Gasteiger partial charge on any atom is -0.369 e. The monoisotopic (exact) mass is 242 g/mol. The highest BCUT2D eigenvalue weighted by Gasteiger charge is 2.10. The van der Waals surface area contributed by atoms with Crippen LogP contribution in [0.5, 0.6) is 0 Å². The second-order valence-electron chi connectivity index (χ2n) is 3.98. The van der Waals surface area contributed by atoms with Crippen molar-refractivity contribution in [2.45, 2.75) is 13.8 Å². The summed E-state index contributed by atoms with van der Waals surface area (Å²) in [6.45, 7) is 4.82. The van der Waals surface area contributed by atoms with Crippen molar-refractivity contribution < 1.29 is 0 Å². The van der Waals surface area contributed by atoms with Crippen LogP contribution in [0.2, 0.25) is 0 Å². The summed E-state index contributed by atoms with van der Waals surface area (Å²) >= 11 is 0. The number of nitrogens with zero attached hydrogens (tertiary/aromatic N) is 5. The van der Waals surface area contributed by atoms with Gasteiger partial charge >= 0.3 is 0 Å². The molecular weight excluding hydrogens is 228 g/mol. The van der Waals surface area contributed by atoms with Crippen LogP contribution in [0.25, 0.3) is 11.5 Å². The molecule has 0 atom stereocenters. The van der Waals surface area contributed by atoms with Gasteiger partial charge in [-0.2, -0.15) is 0 Å². The Bertz CT molecular complexity index is 681. The second kappa shape index (κ2) is 4.14. The number of imidazole rings is 2. The van der Waals surface area contributed by atoms with Gasteiger partial charge in [-0.3, -0.25) is 4.57 Å². The molecule has 0 spiro atoms. The largest absolute Gasteiger partial charge is 0.369 e. The first-order chi connectivity index (χ1) is 8.79. The number of hydrogen-bond donors (Lipinski definition) is 1. The maximum absolute atomic E-state index is 4.59. The van der Waals surface area contributed by atoms with Gasteiger partial charge in [-0.25, -0.2) is 15.0 Å². The molecule has 6 nitrogen and oxygen atoms in total. The van der Waals surface area contributed by atoms with Gasteiger partial charge in [0.15, 0.2) is 11.5 Å². The molecule has 0 saturated carbocycles. The molecule has 3 rings (SSSR count). The van der Waals surface area contributed by atoms with Crippen LogP contribution in [0.4, 0.5) is 5.82 Å². The maximum Gasteiger partial charge on any atom is 0.184 e. The first-order valence-corrected chi connectivity index (χ1v) is 5.87.